The summed E-state index contributed by atoms with van der Waals surface area (Å²) in [6.45, 7) is 2.04. The van der Waals surface area contributed by atoms with E-state index in [1.54, 1.807) is 23.5 Å². The molecule has 0 saturated heterocycles. The second-order valence-corrected chi connectivity index (χ2v) is 7.69. The van der Waals surface area contributed by atoms with Gasteiger partial charge in [0.2, 0.25) is 0 Å². The third-order valence-corrected chi connectivity index (χ3v) is 5.65. The van der Waals surface area contributed by atoms with Crippen LogP contribution in [0.15, 0.2) is 60.7 Å². The van der Waals surface area contributed by atoms with Gasteiger partial charge >= 0.3 is 0 Å². The first-order valence-electron chi connectivity index (χ1n) is 9.06. The number of nitro benzene ring substituents is 1. The average molecular weight is 419 g/mol. The first-order chi connectivity index (χ1) is 14.4. The average Bonchev–Trinajstić information content (AvgIpc) is 3.16. The van der Waals surface area contributed by atoms with Gasteiger partial charge < -0.3 is 10.1 Å². The predicted octanol–water partition coefficient (Wildman–Crippen LogP) is 5.44. The maximum atomic E-state index is 12.6. The SMILES string of the molecule is COc1ccc([N+](=O)[O-])c(C(=O)Nc2ccc(-c3nc4ccc(C)cc4s3)cc2)c1. The second kappa shape index (κ2) is 7.92. The highest BCUT2D eigenvalue weighted by Crippen LogP contribution is 2.31. The van der Waals surface area contributed by atoms with E-state index in [0.717, 1.165) is 20.8 Å². The zero-order valence-electron chi connectivity index (χ0n) is 16.2. The number of nitro groups is 1. The zero-order chi connectivity index (χ0) is 21.3. The Bertz CT molecular complexity index is 1270. The van der Waals surface area contributed by atoms with Crippen molar-refractivity contribution in [3.05, 3.63) is 81.9 Å². The standard InChI is InChI=1S/C22H17N3O4S/c1-13-3-9-18-20(11-13)30-22(24-18)14-4-6-15(7-5-14)23-21(26)17-12-16(29-2)8-10-19(17)25(27)28/h3-12H,1-2H3,(H,23,26). The number of carbonyl (C=O) groups is 1. The Kier molecular flexibility index (Phi) is 5.16. The summed E-state index contributed by atoms with van der Waals surface area (Å²) >= 11 is 1.60. The van der Waals surface area contributed by atoms with E-state index in [2.05, 4.69) is 16.4 Å². The fourth-order valence-electron chi connectivity index (χ4n) is 3.03. The molecule has 1 N–H and O–H groups in total. The number of hydrogen-bond donors (Lipinski definition) is 1. The van der Waals surface area contributed by atoms with Crippen molar-refractivity contribution in [3.63, 3.8) is 0 Å². The van der Waals surface area contributed by atoms with Crippen molar-refractivity contribution in [1.29, 1.82) is 0 Å². The summed E-state index contributed by atoms with van der Waals surface area (Å²) in [5, 5.41) is 14.8. The summed E-state index contributed by atoms with van der Waals surface area (Å²) in [4.78, 5) is 27.9. The monoisotopic (exact) mass is 419 g/mol. The number of benzene rings is 3. The van der Waals surface area contributed by atoms with Crippen LogP contribution in [0.5, 0.6) is 5.75 Å². The van der Waals surface area contributed by atoms with Crippen molar-refractivity contribution in [2.75, 3.05) is 12.4 Å². The maximum Gasteiger partial charge on any atom is 0.282 e. The number of nitrogens with zero attached hydrogens (tertiary/aromatic N) is 2. The van der Waals surface area contributed by atoms with Crippen molar-refractivity contribution >= 4 is 38.8 Å². The van der Waals surface area contributed by atoms with Gasteiger partial charge in [-0.3, -0.25) is 14.9 Å². The van der Waals surface area contributed by atoms with Gasteiger partial charge in [0.15, 0.2) is 0 Å². The van der Waals surface area contributed by atoms with E-state index in [4.69, 9.17) is 4.74 Å². The van der Waals surface area contributed by atoms with E-state index in [0.29, 0.717) is 11.4 Å². The predicted molar refractivity (Wildman–Crippen MR) is 117 cm³/mol. The van der Waals surface area contributed by atoms with E-state index >= 15 is 0 Å². The lowest BCUT2D eigenvalue weighted by atomic mass is 10.1. The van der Waals surface area contributed by atoms with Gasteiger partial charge in [-0.25, -0.2) is 4.98 Å². The Morgan fingerprint density at radius 2 is 1.87 bits per heavy atom. The lowest BCUT2D eigenvalue weighted by molar-refractivity contribution is -0.385. The summed E-state index contributed by atoms with van der Waals surface area (Å²) in [5.41, 5.74) is 3.24. The van der Waals surface area contributed by atoms with E-state index in [1.807, 2.05) is 31.2 Å². The Morgan fingerprint density at radius 1 is 1.10 bits per heavy atom. The zero-order valence-corrected chi connectivity index (χ0v) is 17.0. The number of aromatic nitrogens is 1. The van der Waals surface area contributed by atoms with Crippen molar-refractivity contribution in [2.45, 2.75) is 6.92 Å². The number of nitrogens with one attached hydrogen (secondary N) is 1. The summed E-state index contributed by atoms with van der Waals surface area (Å²) in [5.74, 6) is -0.212. The third-order valence-electron chi connectivity index (χ3n) is 4.58. The molecule has 4 rings (SSSR count). The van der Waals surface area contributed by atoms with E-state index in [-0.39, 0.29) is 11.3 Å². The van der Waals surface area contributed by atoms with Crippen LogP contribution in [0.4, 0.5) is 11.4 Å². The fraction of sp³-hybridized carbons (Fsp3) is 0.0909. The molecule has 0 radical (unpaired) electrons. The number of methoxy groups -OCH3 is 1. The molecular weight excluding hydrogens is 402 g/mol. The summed E-state index contributed by atoms with van der Waals surface area (Å²) in [7, 11) is 1.44. The van der Waals surface area contributed by atoms with Crippen LogP contribution in [0.1, 0.15) is 15.9 Å². The number of anilines is 1. The van der Waals surface area contributed by atoms with Gasteiger partial charge in [-0.2, -0.15) is 0 Å². The highest BCUT2D eigenvalue weighted by atomic mass is 32.1. The van der Waals surface area contributed by atoms with E-state index in [1.165, 1.54) is 30.9 Å². The number of fused-ring (bicyclic) bond motifs is 1. The molecule has 7 nitrogen and oxygen atoms in total. The molecule has 0 bridgehead atoms. The van der Waals surface area contributed by atoms with Gasteiger partial charge in [0.25, 0.3) is 11.6 Å². The minimum atomic E-state index is -0.591. The van der Waals surface area contributed by atoms with Gasteiger partial charge in [-0.05, 0) is 61.0 Å². The van der Waals surface area contributed by atoms with Gasteiger partial charge in [-0.15, -0.1) is 11.3 Å². The molecule has 0 spiro atoms. The highest BCUT2D eigenvalue weighted by molar-refractivity contribution is 7.21. The normalized spacial score (nSPS) is 10.7. The molecule has 150 valence electrons. The molecule has 0 fully saturated rings. The van der Waals surface area contributed by atoms with Gasteiger partial charge in [0.1, 0.15) is 16.3 Å². The summed E-state index contributed by atoms with van der Waals surface area (Å²) < 4.78 is 6.20. The van der Waals surface area contributed by atoms with Crippen LogP contribution in [0.25, 0.3) is 20.8 Å². The summed E-state index contributed by atoms with van der Waals surface area (Å²) in [6.07, 6.45) is 0. The van der Waals surface area contributed by atoms with Gasteiger partial charge in [-0.1, -0.05) is 6.07 Å². The minimum Gasteiger partial charge on any atom is -0.497 e. The lowest BCUT2D eigenvalue weighted by Gasteiger charge is -2.08. The molecule has 0 aliphatic heterocycles. The number of hydrogen-bond acceptors (Lipinski definition) is 6. The molecule has 0 aliphatic carbocycles. The second-order valence-electron chi connectivity index (χ2n) is 6.66. The van der Waals surface area contributed by atoms with Crippen LogP contribution in [0, 0.1) is 17.0 Å². The Morgan fingerprint density at radius 3 is 2.57 bits per heavy atom. The number of amides is 1. The molecule has 0 saturated carbocycles. The molecule has 30 heavy (non-hydrogen) atoms. The van der Waals surface area contributed by atoms with Gasteiger partial charge in [0.05, 0.1) is 22.2 Å². The van der Waals surface area contributed by atoms with Crippen molar-refractivity contribution in [2.24, 2.45) is 0 Å². The molecular formula is C22H17N3O4S. The first-order valence-corrected chi connectivity index (χ1v) is 9.87. The number of ether oxygens (including phenoxy) is 1. The van der Waals surface area contributed by atoms with Crippen LogP contribution in [0.2, 0.25) is 0 Å². The molecule has 0 atom stereocenters. The molecule has 1 heterocycles. The molecule has 0 aliphatic rings. The van der Waals surface area contributed by atoms with Crippen LogP contribution < -0.4 is 10.1 Å². The molecule has 1 aromatic heterocycles. The smallest absolute Gasteiger partial charge is 0.282 e. The highest BCUT2D eigenvalue weighted by Gasteiger charge is 2.21. The molecule has 0 unspecified atom stereocenters. The fourth-order valence-corrected chi connectivity index (χ4v) is 4.10. The topological polar surface area (TPSA) is 94.4 Å². The van der Waals surface area contributed by atoms with Crippen LogP contribution in [-0.4, -0.2) is 22.9 Å². The largest absolute Gasteiger partial charge is 0.497 e. The van der Waals surface area contributed by atoms with Crippen LogP contribution >= 0.6 is 11.3 Å². The van der Waals surface area contributed by atoms with Crippen molar-refractivity contribution in [1.82, 2.24) is 4.98 Å². The molecule has 4 aromatic rings. The first kappa shape index (κ1) is 19.5. The minimum absolute atomic E-state index is 0.0648. The number of aryl methyl sites for hydroxylation is 1. The summed E-state index contributed by atoms with van der Waals surface area (Å²) in [6, 6.07) is 17.4. The Labute approximate surface area is 176 Å². The quantitative estimate of drug-likeness (QED) is 0.343. The van der Waals surface area contributed by atoms with Crippen LogP contribution in [-0.2, 0) is 0 Å². The number of rotatable bonds is 5. The van der Waals surface area contributed by atoms with Crippen LogP contribution in [0.3, 0.4) is 0 Å². The van der Waals surface area contributed by atoms with E-state index in [9.17, 15) is 14.9 Å². The van der Waals surface area contributed by atoms with Gasteiger partial charge in [0, 0.05) is 17.3 Å². The Hall–Kier alpha value is -3.78. The molecule has 8 heteroatoms. The third kappa shape index (κ3) is 3.85. The van der Waals surface area contributed by atoms with E-state index < -0.39 is 10.8 Å². The number of thiazole rings is 1. The molecule has 1 amide bonds. The van der Waals surface area contributed by atoms with Crippen molar-refractivity contribution < 1.29 is 14.5 Å². The van der Waals surface area contributed by atoms with Crippen molar-refractivity contribution in [3.8, 4) is 16.3 Å². The number of carbonyl (C=O) groups excluding carboxylic acids is 1. The lowest BCUT2D eigenvalue weighted by Crippen LogP contribution is -2.14. The Balaban J connectivity index is 1.57. The maximum absolute atomic E-state index is 12.6. The molecule has 3 aromatic carbocycles.